The molecule has 0 fully saturated rings. The van der Waals surface area contributed by atoms with E-state index in [4.69, 9.17) is 0 Å². The van der Waals surface area contributed by atoms with Crippen LogP contribution in [-0.4, -0.2) is 29.9 Å². The van der Waals surface area contributed by atoms with Crippen LogP contribution in [0.1, 0.15) is 34.1 Å². The molecule has 1 rings (SSSR count). The monoisotopic (exact) mass is 168 g/mol. The highest BCUT2D eigenvalue weighted by Gasteiger charge is 2.30. The Kier molecular flexibility index (Phi) is 2.76. The predicted molar refractivity (Wildman–Crippen MR) is 53.6 cm³/mol. The van der Waals surface area contributed by atoms with Gasteiger partial charge in [0, 0.05) is 12.1 Å². The van der Waals surface area contributed by atoms with Crippen molar-refractivity contribution in [1.29, 1.82) is 0 Å². The summed E-state index contributed by atoms with van der Waals surface area (Å²) >= 11 is 0. The maximum absolute atomic E-state index is 4.25. The molecule has 2 heteroatoms. The molecule has 0 N–H and O–H groups in total. The first-order valence-corrected chi connectivity index (χ1v) is 4.85. The Labute approximate surface area is 75.7 Å². The molecule has 1 unspecified atom stereocenters. The molecular weight excluding hydrogens is 148 g/mol. The lowest BCUT2D eigenvalue weighted by Gasteiger charge is -2.39. The van der Waals surface area contributed by atoms with E-state index in [0.29, 0.717) is 0 Å². The summed E-state index contributed by atoms with van der Waals surface area (Å²) in [5.74, 6) is 0.724. The van der Waals surface area contributed by atoms with Crippen LogP contribution in [0, 0.1) is 5.92 Å². The lowest BCUT2D eigenvalue weighted by Crippen LogP contribution is -2.46. The molecule has 1 atom stereocenters. The molecule has 0 aliphatic carbocycles. The summed E-state index contributed by atoms with van der Waals surface area (Å²) in [4.78, 5) is 6.61. The molecule has 0 saturated heterocycles. The summed E-state index contributed by atoms with van der Waals surface area (Å²) in [5, 5.41) is 0. The Morgan fingerprint density at radius 2 is 2.25 bits per heavy atom. The van der Waals surface area contributed by atoms with Gasteiger partial charge in [-0.05, 0) is 19.8 Å². The third-order valence-corrected chi connectivity index (χ3v) is 3.25. The third-order valence-electron chi connectivity index (χ3n) is 3.25. The van der Waals surface area contributed by atoms with E-state index in [2.05, 4.69) is 37.6 Å². The number of rotatable bonds is 3. The van der Waals surface area contributed by atoms with Gasteiger partial charge in [-0.1, -0.05) is 20.3 Å². The van der Waals surface area contributed by atoms with Crippen LogP contribution >= 0.6 is 0 Å². The second-order valence-electron chi connectivity index (χ2n) is 4.18. The molecule has 2 nitrogen and oxygen atoms in total. The lowest BCUT2D eigenvalue weighted by molar-refractivity contribution is 0.156. The van der Waals surface area contributed by atoms with Crippen molar-refractivity contribution in [3.05, 3.63) is 0 Å². The van der Waals surface area contributed by atoms with Gasteiger partial charge >= 0.3 is 0 Å². The summed E-state index contributed by atoms with van der Waals surface area (Å²) in [5.41, 5.74) is 0.273. The number of hydrogen-bond acceptors (Lipinski definition) is 2. The van der Waals surface area contributed by atoms with E-state index in [1.165, 1.54) is 6.42 Å². The fraction of sp³-hybridized carbons (Fsp3) is 0.900. The molecule has 1 heterocycles. The molecule has 1 aliphatic rings. The molecule has 0 bridgehead atoms. The van der Waals surface area contributed by atoms with Crippen molar-refractivity contribution in [2.45, 2.75) is 39.7 Å². The van der Waals surface area contributed by atoms with Crippen molar-refractivity contribution < 1.29 is 0 Å². The summed E-state index contributed by atoms with van der Waals surface area (Å²) in [7, 11) is 0. The van der Waals surface area contributed by atoms with Gasteiger partial charge in [0.1, 0.15) is 0 Å². The van der Waals surface area contributed by atoms with E-state index in [1.54, 1.807) is 0 Å². The fourth-order valence-corrected chi connectivity index (χ4v) is 1.60. The van der Waals surface area contributed by atoms with Crippen LogP contribution in [0.4, 0.5) is 0 Å². The van der Waals surface area contributed by atoms with Crippen LogP contribution in [0.2, 0.25) is 0 Å². The summed E-state index contributed by atoms with van der Waals surface area (Å²) < 4.78 is 0. The highest BCUT2D eigenvalue weighted by molar-refractivity contribution is 5.58. The molecule has 12 heavy (non-hydrogen) atoms. The maximum atomic E-state index is 4.25. The highest BCUT2D eigenvalue weighted by Crippen LogP contribution is 2.26. The standard InChI is InChI=1S/C10H20N2/c1-5-9(2)10(3,4)12-7-6-11-8-12/h8-9H,5-7H2,1-4H3. The quantitative estimate of drug-likeness (QED) is 0.630. The Morgan fingerprint density at radius 3 is 2.67 bits per heavy atom. The van der Waals surface area contributed by atoms with E-state index in [1.807, 2.05) is 6.34 Å². The largest absolute Gasteiger partial charge is 0.356 e. The summed E-state index contributed by atoms with van der Waals surface area (Å²) in [6.07, 6.45) is 3.24. The predicted octanol–water partition coefficient (Wildman–Crippen LogP) is 2.16. The first kappa shape index (κ1) is 9.56. The van der Waals surface area contributed by atoms with E-state index in [0.717, 1.165) is 19.0 Å². The van der Waals surface area contributed by atoms with Crippen molar-refractivity contribution in [3.63, 3.8) is 0 Å². The van der Waals surface area contributed by atoms with Crippen LogP contribution in [0.5, 0.6) is 0 Å². The molecule has 0 aromatic rings. The van der Waals surface area contributed by atoms with E-state index < -0.39 is 0 Å². The van der Waals surface area contributed by atoms with Crippen molar-refractivity contribution in [2.75, 3.05) is 13.1 Å². The second-order valence-corrected chi connectivity index (χ2v) is 4.18. The van der Waals surface area contributed by atoms with E-state index >= 15 is 0 Å². The van der Waals surface area contributed by atoms with Crippen molar-refractivity contribution in [2.24, 2.45) is 10.9 Å². The first-order valence-electron chi connectivity index (χ1n) is 4.85. The highest BCUT2D eigenvalue weighted by atomic mass is 15.3. The molecule has 0 radical (unpaired) electrons. The minimum atomic E-state index is 0.273. The lowest BCUT2D eigenvalue weighted by atomic mass is 9.86. The Hall–Kier alpha value is -0.530. The zero-order chi connectivity index (χ0) is 9.19. The van der Waals surface area contributed by atoms with Crippen molar-refractivity contribution in [3.8, 4) is 0 Å². The van der Waals surface area contributed by atoms with E-state index in [-0.39, 0.29) is 5.54 Å². The van der Waals surface area contributed by atoms with Crippen LogP contribution in [0.15, 0.2) is 4.99 Å². The van der Waals surface area contributed by atoms with Crippen LogP contribution in [-0.2, 0) is 0 Å². The zero-order valence-electron chi connectivity index (χ0n) is 8.67. The summed E-state index contributed by atoms with van der Waals surface area (Å²) in [6, 6.07) is 0. The first-order chi connectivity index (χ1) is 5.59. The minimum Gasteiger partial charge on any atom is -0.356 e. The molecule has 0 saturated carbocycles. The Balaban J connectivity index is 2.62. The topological polar surface area (TPSA) is 15.6 Å². The molecular formula is C10H20N2. The van der Waals surface area contributed by atoms with Gasteiger partial charge in [-0.2, -0.15) is 0 Å². The normalized spacial score (nSPS) is 20.2. The SMILES string of the molecule is CCC(C)C(C)(C)N1C=NCC1. The fourth-order valence-electron chi connectivity index (χ4n) is 1.60. The molecule has 70 valence electrons. The van der Waals surface area contributed by atoms with Gasteiger partial charge < -0.3 is 4.90 Å². The Bertz CT molecular complexity index is 173. The average molecular weight is 168 g/mol. The van der Waals surface area contributed by atoms with Gasteiger partial charge in [0.15, 0.2) is 0 Å². The van der Waals surface area contributed by atoms with Crippen molar-refractivity contribution in [1.82, 2.24) is 4.90 Å². The van der Waals surface area contributed by atoms with Gasteiger partial charge in [-0.25, -0.2) is 0 Å². The third kappa shape index (κ3) is 1.62. The van der Waals surface area contributed by atoms with Crippen LogP contribution in [0.25, 0.3) is 0 Å². The average Bonchev–Trinajstić information content (AvgIpc) is 2.55. The molecule has 0 amide bonds. The number of nitrogens with zero attached hydrogens (tertiary/aromatic N) is 2. The molecule has 0 aromatic heterocycles. The van der Waals surface area contributed by atoms with Crippen molar-refractivity contribution >= 4 is 6.34 Å². The Morgan fingerprint density at radius 1 is 1.58 bits per heavy atom. The van der Waals surface area contributed by atoms with Gasteiger partial charge in [-0.3, -0.25) is 4.99 Å². The van der Waals surface area contributed by atoms with Crippen LogP contribution in [0.3, 0.4) is 0 Å². The smallest absolute Gasteiger partial charge is 0.0855 e. The second kappa shape index (κ2) is 3.46. The minimum absolute atomic E-state index is 0.273. The van der Waals surface area contributed by atoms with Gasteiger partial charge in [-0.15, -0.1) is 0 Å². The number of aliphatic imine (C=N–C) groups is 1. The van der Waals surface area contributed by atoms with Gasteiger partial charge in [0.05, 0.1) is 12.9 Å². The van der Waals surface area contributed by atoms with E-state index in [9.17, 15) is 0 Å². The maximum Gasteiger partial charge on any atom is 0.0855 e. The number of hydrogen-bond donors (Lipinski definition) is 0. The molecule has 0 spiro atoms. The molecule has 0 aromatic carbocycles. The van der Waals surface area contributed by atoms with Gasteiger partial charge in [0.2, 0.25) is 0 Å². The van der Waals surface area contributed by atoms with Gasteiger partial charge in [0.25, 0.3) is 0 Å². The zero-order valence-corrected chi connectivity index (χ0v) is 8.67. The van der Waals surface area contributed by atoms with Crippen LogP contribution < -0.4 is 0 Å². The summed E-state index contributed by atoms with van der Waals surface area (Å²) in [6.45, 7) is 11.2. The molecule has 1 aliphatic heterocycles.